The lowest BCUT2D eigenvalue weighted by molar-refractivity contribution is 0.588. The van der Waals surface area contributed by atoms with E-state index in [0.29, 0.717) is 5.92 Å². The van der Waals surface area contributed by atoms with Gasteiger partial charge in [-0.1, -0.05) is 25.1 Å². The Morgan fingerprint density at radius 2 is 2.14 bits per heavy atom. The van der Waals surface area contributed by atoms with Crippen LogP contribution in [-0.4, -0.2) is 0 Å². The van der Waals surface area contributed by atoms with Gasteiger partial charge in [0.1, 0.15) is 5.58 Å². The lowest BCUT2D eigenvalue weighted by Crippen LogP contribution is -2.20. The molecule has 2 heteroatoms. The molecule has 1 aromatic heterocycles. The number of hydrogen-bond donors (Lipinski definition) is 1. The van der Waals surface area contributed by atoms with Crippen LogP contribution in [0, 0.1) is 5.92 Å². The summed E-state index contributed by atoms with van der Waals surface area (Å²) in [4.78, 5) is 0. The second-order valence-electron chi connectivity index (χ2n) is 4.29. The molecule has 0 amide bonds. The number of fused-ring (bicyclic) bond motifs is 1. The third-order valence-electron chi connectivity index (χ3n) is 3.35. The van der Waals surface area contributed by atoms with Crippen LogP contribution in [0.3, 0.4) is 0 Å². The number of para-hydroxylation sites is 1. The van der Waals surface area contributed by atoms with Crippen molar-refractivity contribution in [2.45, 2.75) is 18.9 Å². The fourth-order valence-corrected chi connectivity index (χ4v) is 2.16. The molecule has 0 spiro atoms. The Morgan fingerprint density at radius 3 is 2.86 bits per heavy atom. The Hall–Kier alpha value is -1.28. The number of furan rings is 1. The van der Waals surface area contributed by atoms with E-state index >= 15 is 0 Å². The molecule has 0 aliphatic heterocycles. The minimum atomic E-state index is -0.132. The lowest BCUT2D eigenvalue weighted by atomic mass is 10.0. The highest BCUT2D eigenvalue weighted by Crippen LogP contribution is 2.51. The molecule has 1 aliphatic rings. The predicted molar refractivity (Wildman–Crippen MR) is 55.9 cm³/mol. The standard InChI is InChI=1S/C12H13NO/c1-8-6-12(8,13)10-7-14-11-5-3-2-4-9(10)11/h2-5,7-8H,6,13H2,1H3. The maximum absolute atomic E-state index is 6.26. The summed E-state index contributed by atoms with van der Waals surface area (Å²) in [5.41, 5.74) is 8.23. The molecule has 1 saturated carbocycles. The van der Waals surface area contributed by atoms with Crippen molar-refractivity contribution in [3.8, 4) is 0 Å². The van der Waals surface area contributed by atoms with Gasteiger partial charge in [0.15, 0.2) is 0 Å². The zero-order valence-electron chi connectivity index (χ0n) is 8.16. The molecular weight excluding hydrogens is 174 g/mol. The first kappa shape index (κ1) is 8.06. The second-order valence-corrected chi connectivity index (χ2v) is 4.29. The normalized spacial score (nSPS) is 30.9. The van der Waals surface area contributed by atoms with Crippen molar-refractivity contribution >= 4 is 11.0 Å². The molecule has 1 fully saturated rings. The van der Waals surface area contributed by atoms with Crippen molar-refractivity contribution < 1.29 is 4.42 Å². The van der Waals surface area contributed by atoms with Gasteiger partial charge in [0.2, 0.25) is 0 Å². The Kier molecular flexibility index (Phi) is 1.38. The molecule has 0 saturated heterocycles. The summed E-state index contributed by atoms with van der Waals surface area (Å²) in [6.45, 7) is 2.18. The highest BCUT2D eigenvalue weighted by molar-refractivity contribution is 5.82. The molecule has 2 aromatic rings. The van der Waals surface area contributed by atoms with Crippen LogP contribution in [0.25, 0.3) is 11.0 Å². The predicted octanol–water partition coefficient (Wildman–Crippen LogP) is 2.63. The molecule has 1 aliphatic carbocycles. The van der Waals surface area contributed by atoms with Crippen LogP contribution < -0.4 is 5.73 Å². The van der Waals surface area contributed by atoms with Gasteiger partial charge < -0.3 is 10.2 Å². The van der Waals surface area contributed by atoms with E-state index in [4.69, 9.17) is 10.2 Å². The van der Waals surface area contributed by atoms with Gasteiger partial charge in [0.25, 0.3) is 0 Å². The van der Waals surface area contributed by atoms with Crippen molar-refractivity contribution in [3.63, 3.8) is 0 Å². The molecular formula is C12H13NO. The molecule has 2 N–H and O–H groups in total. The van der Waals surface area contributed by atoms with Crippen molar-refractivity contribution in [1.29, 1.82) is 0 Å². The fourth-order valence-electron chi connectivity index (χ4n) is 2.16. The van der Waals surface area contributed by atoms with Crippen LogP contribution in [0.1, 0.15) is 18.9 Å². The fraction of sp³-hybridized carbons (Fsp3) is 0.333. The maximum Gasteiger partial charge on any atom is 0.134 e. The summed E-state index contributed by atoms with van der Waals surface area (Å²) in [6, 6.07) is 8.07. The average molecular weight is 187 g/mol. The third kappa shape index (κ3) is 0.891. The van der Waals surface area contributed by atoms with Crippen molar-refractivity contribution in [2.75, 3.05) is 0 Å². The first-order chi connectivity index (χ1) is 6.72. The minimum Gasteiger partial charge on any atom is -0.464 e. The SMILES string of the molecule is CC1CC1(N)c1coc2ccccc12. The smallest absolute Gasteiger partial charge is 0.134 e. The first-order valence-electron chi connectivity index (χ1n) is 4.97. The Labute approximate surface area is 82.7 Å². The summed E-state index contributed by atoms with van der Waals surface area (Å²) in [7, 11) is 0. The van der Waals surface area contributed by atoms with Crippen molar-refractivity contribution in [1.82, 2.24) is 0 Å². The zero-order chi connectivity index (χ0) is 9.76. The number of rotatable bonds is 1. The van der Waals surface area contributed by atoms with Gasteiger partial charge in [-0.2, -0.15) is 0 Å². The van der Waals surface area contributed by atoms with E-state index in [1.165, 1.54) is 10.9 Å². The molecule has 2 unspecified atom stereocenters. The highest BCUT2D eigenvalue weighted by Gasteiger charge is 2.50. The molecule has 72 valence electrons. The summed E-state index contributed by atoms with van der Waals surface area (Å²) in [5, 5.41) is 1.17. The molecule has 1 aromatic carbocycles. The molecule has 14 heavy (non-hydrogen) atoms. The molecule has 0 bridgehead atoms. The molecule has 0 radical (unpaired) electrons. The van der Waals surface area contributed by atoms with Gasteiger partial charge in [0.05, 0.1) is 6.26 Å². The molecule has 2 nitrogen and oxygen atoms in total. The minimum absolute atomic E-state index is 0.132. The number of hydrogen-bond acceptors (Lipinski definition) is 2. The van der Waals surface area contributed by atoms with E-state index < -0.39 is 0 Å². The van der Waals surface area contributed by atoms with E-state index in [2.05, 4.69) is 13.0 Å². The van der Waals surface area contributed by atoms with Crippen LogP contribution in [0.15, 0.2) is 34.9 Å². The van der Waals surface area contributed by atoms with Gasteiger partial charge in [-0.3, -0.25) is 0 Å². The van der Waals surface area contributed by atoms with Crippen LogP contribution in [0.4, 0.5) is 0 Å². The van der Waals surface area contributed by atoms with Crippen LogP contribution in [0.2, 0.25) is 0 Å². The Bertz CT molecular complexity index is 488. The van der Waals surface area contributed by atoms with Crippen molar-refractivity contribution in [3.05, 3.63) is 36.1 Å². The Balaban J connectivity index is 2.23. The summed E-state index contributed by atoms with van der Waals surface area (Å²) in [5.74, 6) is 0.573. The largest absolute Gasteiger partial charge is 0.464 e. The number of nitrogens with two attached hydrogens (primary N) is 1. The highest BCUT2D eigenvalue weighted by atomic mass is 16.3. The number of benzene rings is 1. The Morgan fingerprint density at radius 1 is 1.43 bits per heavy atom. The van der Waals surface area contributed by atoms with Gasteiger partial charge in [-0.25, -0.2) is 0 Å². The van der Waals surface area contributed by atoms with E-state index in [0.717, 1.165) is 12.0 Å². The maximum atomic E-state index is 6.26. The first-order valence-corrected chi connectivity index (χ1v) is 4.97. The molecule has 1 heterocycles. The summed E-state index contributed by atoms with van der Waals surface area (Å²) >= 11 is 0. The van der Waals surface area contributed by atoms with Crippen molar-refractivity contribution in [2.24, 2.45) is 11.7 Å². The van der Waals surface area contributed by atoms with Gasteiger partial charge in [-0.15, -0.1) is 0 Å². The molecule has 3 rings (SSSR count). The van der Waals surface area contributed by atoms with Gasteiger partial charge in [0, 0.05) is 16.5 Å². The van der Waals surface area contributed by atoms with E-state index in [9.17, 15) is 0 Å². The summed E-state index contributed by atoms with van der Waals surface area (Å²) in [6.07, 6.45) is 2.88. The lowest BCUT2D eigenvalue weighted by Gasteiger charge is -2.06. The third-order valence-corrected chi connectivity index (χ3v) is 3.35. The second kappa shape index (κ2) is 2.39. The average Bonchev–Trinajstić information content (AvgIpc) is 2.67. The van der Waals surface area contributed by atoms with E-state index in [1.54, 1.807) is 0 Å². The topological polar surface area (TPSA) is 39.2 Å². The van der Waals surface area contributed by atoms with Crippen LogP contribution in [0.5, 0.6) is 0 Å². The molecule has 2 atom stereocenters. The quantitative estimate of drug-likeness (QED) is 0.745. The summed E-state index contributed by atoms with van der Waals surface area (Å²) < 4.78 is 5.48. The van der Waals surface area contributed by atoms with E-state index in [-0.39, 0.29) is 5.54 Å². The van der Waals surface area contributed by atoms with Gasteiger partial charge in [-0.05, 0) is 18.4 Å². The monoisotopic (exact) mass is 187 g/mol. The van der Waals surface area contributed by atoms with Crippen LogP contribution in [-0.2, 0) is 5.54 Å². The van der Waals surface area contributed by atoms with Crippen LogP contribution >= 0.6 is 0 Å². The van der Waals surface area contributed by atoms with E-state index in [1.807, 2.05) is 24.5 Å². The zero-order valence-corrected chi connectivity index (χ0v) is 8.16. The van der Waals surface area contributed by atoms with Gasteiger partial charge >= 0.3 is 0 Å².